The van der Waals surface area contributed by atoms with Gasteiger partial charge in [0.1, 0.15) is 18.4 Å². The highest BCUT2D eigenvalue weighted by molar-refractivity contribution is 5.90. The number of carbonyl (C=O) groups excluding carboxylic acids is 2. The molecule has 0 amide bonds. The van der Waals surface area contributed by atoms with Gasteiger partial charge in [0.15, 0.2) is 0 Å². The van der Waals surface area contributed by atoms with Gasteiger partial charge in [0.05, 0.1) is 11.6 Å². The smallest absolute Gasteiger partial charge is 0.343 e. The molecule has 0 aliphatic carbocycles. The predicted octanol–water partition coefficient (Wildman–Crippen LogP) is 3.10. The molecule has 4 rings (SSSR count). The normalized spacial score (nSPS) is 22.8. The molecule has 1 fully saturated rings. The Hall–Kier alpha value is -2.92. The van der Waals surface area contributed by atoms with E-state index in [-0.39, 0.29) is 12.0 Å². The van der Waals surface area contributed by atoms with E-state index in [1.165, 1.54) is 0 Å². The van der Waals surface area contributed by atoms with Gasteiger partial charge in [-0.05, 0) is 23.8 Å². The first-order valence-electron chi connectivity index (χ1n) is 8.66. The topological polar surface area (TPSA) is 55.8 Å². The molecule has 2 aliphatic rings. The summed E-state index contributed by atoms with van der Waals surface area (Å²) in [6.45, 7) is 0.878. The molecule has 0 radical (unpaired) electrons. The van der Waals surface area contributed by atoms with Crippen molar-refractivity contribution in [2.75, 3.05) is 13.2 Å². The summed E-state index contributed by atoms with van der Waals surface area (Å²) in [5.74, 6) is -0.154. The van der Waals surface area contributed by atoms with Gasteiger partial charge in [0.25, 0.3) is 0 Å². The monoisotopic (exact) mass is 349 g/mol. The number of rotatable bonds is 3. The summed E-state index contributed by atoms with van der Waals surface area (Å²) in [5.41, 5.74) is 1.60. The van der Waals surface area contributed by atoms with Crippen molar-refractivity contribution < 1.29 is 19.1 Å². The van der Waals surface area contributed by atoms with Crippen LogP contribution in [0.25, 0.3) is 0 Å². The summed E-state index contributed by atoms with van der Waals surface area (Å²) in [6.07, 6.45) is 2.21. The zero-order chi connectivity index (χ0) is 17.9. The average molecular weight is 349 g/mol. The van der Waals surface area contributed by atoms with Gasteiger partial charge in [-0.2, -0.15) is 0 Å². The van der Waals surface area contributed by atoms with E-state index in [0.717, 1.165) is 5.56 Å². The van der Waals surface area contributed by atoms with Crippen LogP contribution in [0.5, 0.6) is 0 Å². The molecule has 2 heterocycles. The van der Waals surface area contributed by atoms with Crippen molar-refractivity contribution in [1.29, 1.82) is 0 Å². The minimum Gasteiger partial charge on any atom is -0.462 e. The van der Waals surface area contributed by atoms with Crippen molar-refractivity contribution in [3.05, 3.63) is 83.6 Å². The molecule has 0 aromatic heterocycles. The SMILES string of the molecule is O=C(OC1=CCN2[C@H](C1)C(=O)OC[C@H]2c1ccccc1)c1ccccc1. The maximum absolute atomic E-state index is 12.3. The number of carbonyl (C=O) groups is 2. The van der Waals surface area contributed by atoms with Crippen LogP contribution in [0, 0.1) is 0 Å². The fourth-order valence-corrected chi connectivity index (χ4v) is 3.44. The lowest BCUT2D eigenvalue weighted by Crippen LogP contribution is -2.52. The lowest BCUT2D eigenvalue weighted by Gasteiger charge is -2.42. The van der Waals surface area contributed by atoms with E-state index in [2.05, 4.69) is 4.90 Å². The third kappa shape index (κ3) is 3.26. The number of ether oxygens (including phenoxy) is 2. The number of cyclic esters (lactones) is 1. The van der Waals surface area contributed by atoms with Crippen molar-refractivity contribution in [3.63, 3.8) is 0 Å². The van der Waals surface area contributed by atoms with Crippen molar-refractivity contribution in [3.8, 4) is 0 Å². The molecule has 2 atom stereocenters. The van der Waals surface area contributed by atoms with Crippen LogP contribution in [0.15, 0.2) is 72.5 Å². The van der Waals surface area contributed by atoms with Gasteiger partial charge in [0.2, 0.25) is 0 Å². The summed E-state index contributed by atoms with van der Waals surface area (Å²) < 4.78 is 10.9. The zero-order valence-electron chi connectivity index (χ0n) is 14.2. The number of morpholine rings is 1. The third-order valence-corrected chi connectivity index (χ3v) is 4.80. The van der Waals surface area contributed by atoms with Gasteiger partial charge < -0.3 is 9.47 Å². The number of hydrogen-bond donors (Lipinski definition) is 0. The van der Waals surface area contributed by atoms with Gasteiger partial charge in [-0.3, -0.25) is 9.69 Å². The molecule has 0 unspecified atom stereocenters. The molecule has 0 saturated carbocycles. The van der Waals surface area contributed by atoms with E-state index in [1.807, 2.05) is 42.5 Å². The highest BCUT2D eigenvalue weighted by atomic mass is 16.5. The Balaban J connectivity index is 1.51. The Bertz CT molecular complexity index is 832. The molecule has 2 aliphatic heterocycles. The van der Waals surface area contributed by atoms with Gasteiger partial charge in [-0.25, -0.2) is 4.79 Å². The van der Waals surface area contributed by atoms with Gasteiger partial charge >= 0.3 is 11.9 Å². The fourth-order valence-electron chi connectivity index (χ4n) is 3.44. The van der Waals surface area contributed by atoms with E-state index >= 15 is 0 Å². The molecule has 5 heteroatoms. The van der Waals surface area contributed by atoms with Crippen LogP contribution in [0.3, 0.4) is 0 Å². The number of nitrogens with zero attached hydrogens (tertiary/aromatic N) is 1. The van der Waals surface area contributed by atoms with Crippen LogP contribution in [0.2, 0.25) is 0 Å². The van der Waals surface area contributed by atoms with Crippen LogP contribution in [0.1, 0.15) is 28.4 Å². The maximum Gasteiger partial charge on any atom is 0.343 e. The Labute approximate surface area is 151 Å². The molecule has 0 N–H and O–H groups in total. The van der Waals surface area contributed by atoms with Gasteiger partial charge in [-0.15, -0.1) is 0 Å². The first-order chi connectivity index (χ1) is 12.7. The average Bonchev–Trinajstić information content (AvgIpc) is 2.70. The molecule has 2 aromatic carbocycles. The van der Waals surface area contributed by atoms with E-state index in [0.29, 0.717) is 30.9 Å². The predicted molar refractivity (Wildman–Crippen MR) is 95.2 cm³/mol. The lowest BCUT2D eigenvalue weighted by atomic mass is 9.97. The second kappa shape index (κ2) is 7.14. The van der Waals surface area contributed by atoms with Crippen LogP contribution in [0.4, 0.5) is 0 Å². The minimum absolute atomic E-state index is 0.0153. The Morgan fingerprint density at radius 1 is 1.00 bits per heavy atom. The molecule has 26 heavy (non-hydrogen) atoms. The number of benzene rings is 2. The van der Waals surface area contributed by atoms with Crippen LogP contribution < -0.4 is 0 Å². The highest BCUT2D eigenvalue weighted by Crippen LogP contribution is 2.33. The van der Waals surface area contributed by atoms with Crippen molar-refractivity contribution >= 4 is 11.9 Å². The number of fused-ring (bicyclic) bond motifs is 1. The largest absolute Gasteiger partial charge is 0.462 e. The van der Waals surface area contributed by atoms with Crippen molar-refractivity contribution in [2.24, 2.45) is 0 Å². The molecule has 2 aromatic rings. The standard InChI is InChI=1S/C21H19NO4/c23-20(16-9-5-2-6-10-16)26-17-11-12-22-18(13-17)21(24)25-14-19(22)15-7-3-1-4-8-15/h1-11,18-19H,12-14H2/t18-,19+/m1/s1. The van der Waals surface area contributed by atoms with E-state index < -0.39 is 12.0 Å². The van der Waals surface area contributed by atoms with Gasteiger partial charge in [-0.1, -0.05) is 48.5 Å². The summed E-state index contributed by atoms with van der Waals surface area (Å²) in [7, 11) is 0. The van der Waals surface area contributed by atoms with Crippen molar-refractivity contribution in [2.45, 2.75) is 18.5 Å². The lowest BCUT2D eigenvalue weighted by molar-refractivity contribution is -0.163. The second-order valence-electron chi connectivity index (χ2n) is 6.40. The van der Waals surface area contributed by atoms with Gasteiger partial charge in [0, 0.05) is 13.0 Å². The molecule has 0 spiro atoms. The summed E-state index contributed by atoms with van der Waals surface area (Å²) in [5, 5.41) is 0. The first-order valence-corrected chi connectivity index (χ1v) is 8.66. The van der Waals surface area contributed by atoms with Crippen molar-refractivity contribution in [1.82, 2.24) is 4.90 Å². The number of hydrogen-bond acceptors (Lipinski definition) is 5. The summed E-state index contributed by atoms with van der Waals surface area (Å²) in [4.78, 5) is 26.6. The summed E-state index contributed by atoms with van der Waals surface area (Å²) >= 11 is 0. The quantitative estimate of drug-likeness (QED) is 0.797. The number of esters is 2. The highest BCUT2D eigenvalue weighted by Gasteiger charge is 2.41. The third-order valence-electron chi connectivity index (χ3n) is 4.80. The Kier molecular flexibility index (Phi) is 4.54. The molecule has 5 nitrogen and oxygen atoms in total. The second-order valence-corrected chi connectivity index (χ2v) is 6.40. The first kappa shape index (κ1) is 16.5. The summed E-state index contributed by atoms with van der Waals surface area (Å²) in [6, 6.07) is 18.4. The molecular weight excluding hydrogens is 330 g/mol. The van der Waals surface area contributed by atoms with Crippen LogP contribution in [-0.4, -0.2) is 36.0 Å². The van der Waals surface area contributed by atoms with E-state index in [1.54, 1.807) is 24.3 Å². The molecular formula is C21H19NO4. The Morgan fingerprint density at radius 3 is 2.42 bits per heavy atom. The fraction of sp³-hybridized carbons (Fsp3) is 0.238. The van der Waals surface area contributed by atoms with Crippen LogP contribution >= 0.6 is 0 Å². The zero-order valence-corrected chi connectivity index (χ0v) is 14.2. The van der Waals surface area contributed by atoms with E-state index in [4.69, 9.17) is 9.47 Å². The van der Waals surface area contributed by atoms with E-state index in [9.17, 15) is 9.59 Å². The molecule has 1 saturated heterocycles. The molecule has 132 valence electrons. The maximum atomic E-state index is 12.3. The Morgan fingerprint density at radius 2 is 1.69 bits per heavy atom. The minimum atomic E-state index is -0.433. The molecule has 0 bridgehead atoms. The van der Waals surface area contributed by atoms with Crippen LogP contribution in [-0.2, 0) is 14.3 Å².